The van der Waals surface area contributed by atoms with Crippen molar-refractivity contribution in [2.24, 2.45) is 0 Å². The van der Waals surface area contributed by atoms with Crippen LogP contribution in [0.1, 0.15) is 58.3 Å². The Balaban J connectivity index is 2.97. The van der Waals surface area contributed by atoms with E-state index >= 15 is 0 Å². The highest BCUT2D eigenvalue weighted by atomic mass is 79.9. The molecule has 0 saturated carbocycles. The Labute approximate surface area is 91.1 Å². The minimum atomic E-state index is 0.358. The van der Waals surface area contributed by atoms with Crippen LogP contribution in [0, 0.1) is 0 Å². The molecule has 0 heterocycles. The van der Waals surface area contributed by atoms with Gasteiger partial charge >= 0.3 is 0 Å². The zero-order valence-corrected chi connectivity index (χ0v) is 10.4. The van der Waals surface area contributed by atoms with Gasteiger partial charge in [-0.15, -0.1) is 0 Å². The first-order valence-corrected chi connectivity index (χ1v) is 6.47. The Kier molecular flexibility index (Phi) is 10.9. The van der Waals surface area contributed by atoms with Gasteiger partial charge in [-0.2, -0.15) is 0 Å². The van der Waals surface area contributed by atoms with Gasteiger partial charge in [-0.1, -0.05) is 55.0 Å². The Morgan fingerprint density at radius 1 is 1.00 bits per heavy atom. The number of unbranched alkanes of at least 4 members (excludes halogenated alkanes) is 4. The van der Waals surface area contributed by atoms with Crippen LogP contribution in [0.25, 0.3) is 0 Å². The fourth-order valence-electron chi connectivity index (χ4n) is 1.47. The average Bonchev–Trinajstić information content (AvgIpc) is 2.11. The third-order valence-electron chi connectivity index (χ3n) is 2.28. The van der Waals surface area contributed by atoms with E-state index in [4.69, 9.17) is 5.11 Å². The molecular weight excluding hydrogens is 228 g/mol. The van der Waals surface area contributed by atoms with Crippen molar-refractivity contribution in [2.45, 2.75) is 63.1 Å². The zero-order valence-electron chi connectivity index (χ0n) is 8.77. The van der Waals surface area contributed by atoms with Crippen LogP contribution in [0.15, 0.2) is 0 Å². The van der Waals surface area contributed by atoms with E-state index in [0.29, 0.717) is 6.61 Å². The van der Waals surface area contributed by atoms with E-state index in [1.807, 2.05) is 0 Å². The fourth-order valence-corrected chi connectivity index (χ4v) is 2.25. The Hall–Kier alpha value is 0.440. The molecule has 0 aliphatic heterocycles. The van der Waals surface area contributed by atoms with E-state index in [0.717, 1.165) is 11.2 Å². The first-order valence-electron chi connectivity index (χ1n) is 5.56. The molecule has 0 amide bonds. The summed E-state index contributed by atoms with van der Waals surface area (Å²) in [5, 5.41) is 8.57. The van der Waals surface area contributed by atoms with Crippen molar-refractivity contribution < 1.29 is 5.11 Å². The molecule has 1 nitrogen and oxygen atoms in total. The topological polar surface area (TPSA) is 20.2 Å². The molecule has 0 radical (unpaired) electrons. The Morgan fingerprint density at radius 2 is 1.62 bits per heavy atom. The molecule has 0 saturated heterocycles. The lowest BCUT2D eigenvalue weighted by Crippen LogP contribution is -1.96. The maximum absolute atomic E-state index is 8.57. The second kappa shape index (κ2) is 10.5. The van der Waals surface area contributed by atoms with Gasteiger partial charge in [-0.05, 0) is 19.3 Å². The van der Waals surface area contributed by atoms with Gasteiger partial charge in [0.2, 0.25) is 0 Å². The van der Waals surface area contributed by atoms with Crippen molar-refractivity contribution >= 4 is 15.9 Å². The summed E-state index contributed by atoms with van der Waals surface area (Å²) in [6, 6.07) is 0. The lowest BCUT2D eigenvalue weighted by atomic mass is 10.1. The second-order valence-corrected chi connectivity index (χ2v) is 4.96. The molecule has 13 heavy (non-hydrogen) atoms. The van der Waals surface area contributed by atoms with Crippen LogP contribution in [0.2, 0.25) is 0 Å². The number of rotatable bonds is 9. The smallest absolute Gasteiger partial charge is 0.0431 e. The first kappa shape index (κ1) is 13.4. The van der Waals surface area contributed by atoms with Crippen molar-refractivity contribution in [1.82, 2.24) is 0 Å². The number of alkyl halides is 1. The average molecular weight is 251 g/mol. The molecule has 0 rings (SSSR count). The fraction of sp³-hybridized carbons (Fsp3) is 1.00. The van der Waals surface area contributed by atoms with E-state index in [2.05, 4.69) is 22.9 Å². The molecule has 1 atom stereocenters. The van der Waals surface area contributed by atoms with Crippen LogP contribution in [0.5, 0.6) is 0 Å². The minimum absolute atomic E-state index is 0.358. The highest BCUT2D eigenvalue weighted by Crippen LogP contribution is 2.16. The predicted octanol–water partition coefficient (Wildman–Crippen LogP) is 3.88. The molecule has 80 valence electrons. The second-order valence-electron chi connectivity index (χ2n) is 3.67. The first-order chi connectivity index (χ1) is 6.31. The number of halogens is 1. The van der Waals surface area contributed by atoms with E-state index in [1.165, 1.54) is 44.9 Å². The minimum Gasteiger partial charge on any atom is -0.396 e. The van der Waals surface area contributed by atoms with Crippen LogP contribution < -0.4 is 0 Å². The van der Waals surface area contributed by atoms with Gasteiger partial charge in [-0.3, -0.25) is 0 Å². The highest BCUT2D eigenvalue weighted by Gasteiger charge is 2.01. The van der Waals surface area contributed by atoms with Crippen LogP contribution in [0.4, 0.5) is 0 Å². The van der Waals surface area contributed by atoms with Crippen molar-refractivity contribution in [3.63, 3.8) is 0 Å². The summed E-state index contributed by atoms with van der Waals surface area (Å²) in [6.07, 6.45) is 10.0. The monoisotopic (exact) mass is 250 g/mol. The number of aliphatic hydroxyl groups excluding tert-OH is 1. The third kappa shape index (κ3) is 10.4. The van der Waals surface area contributed by atoms with Gasteiger partial charge in [0.25, 0.3) is 0 Å². The molecule has 1 N–H and O–H groups in total. The molecular formula is C11H23BrO. The molecule has 0 aromatic rings. The summed E-state index contributed by atoms with van der Waals surface area (Å²) >= 11 is 3.68. The van der Waals surface area contributed by atoms with Gasteiger partial charge < -0.3 is 5.11 Å². The van der Waals surface area contributed by atoms with E-state index in [1.54, 1.807) is 0 Å². The summed E-state index contributed by atoms with van der Waals surface area (Å²) in [4.78, 5) is 0.732. The zero-order chi connectivity index (χ0) is 9.94. The van der Waals surface area contributed by atoms with Gasteiger partial charge in [-0.25, -0.2) is 0 Å². The van der Waals surface area contributed by atoms with Gasteiger partial charge in [0, 0.05) is 11.4 Å². The standard InChI is InChI=1S/C11H23BrO/c1-2-8-11(12)9-6-4-3-5-7-10-13/h11,13H,2-10H2,1H3. The number of hydrogen-bond donors (Lipinski definition) is 1. The van der Waals surface area contributed by atoms with Gasteiger partial charge in [0.1, 0.15) is 0 Å². The maximum atomic E-state index is 8.57. The largest absolute Gasteiger partial charge is 0.396 e. The van der Waals surface area contributed by atoms with Crippen LogP contribution in [-0.2, 0) is 0 Å². The van der Waals surface area contributed by atoms with Crippen molar-refractivity contribution in [3.05, 3.63) is 0 Å². The summed E-state index contributed by atoms with van der Waals surface area (Å²) in [6.45, 7) is 2.59. The molecule has 1 unspecified atom stereocenters. The lowest BCUT2D eigenvalue weighted by Gasteiger charge is -2.07. The van der Waals surface area contributed by atoms with Crippen LogP contribution >= 0.6 is 15.9 Å². The molecule has 0 fully saturated rings. The summed E-state index contributed by atoms with van der Waals surface area (Å²) in [7, 11) is 0. The van der Waals surface area contributed by atoms with Crippen LogP contribution in [0.3, 0.4) is 0 Å². The van der Waals surface area contributed by atoms with Crippen molar-refractivity contribution in [3.8, 4) is 0 Å². The summed E-state index contributed by atoms with van der Waals surface area (Å²) in [5.41, 5.74) is 0. The molecule has 0 spiro atoms. The SMILES string of the molecule is CCCC(Br)CCCCCCCO. The van der Waals surface area contributed by atoms with Crippen LogP contribution in [-0.4, -0.2) is 16.5 Å². The number of hydrogen-bond acceptors (Lipinski definition) is 1. The number of aliphatic hydroxyl groups is 1. The van der Waals surface area contributed by atoms with Gasteiger partial charge in [0.05, 0.1) is 0 Å². The van der Waals surface area contributed by atoms with E-state index in [9.17, 15) is 0 Å². The lowest BCUT2D eigenvalue weighted by molar-refractivity contribution is 0.282. The quantitative estimate of drug-likeness (QED) is 0.487. The molecule has 0 aliphatic carbocycles. The predicted molar refractivity (Wildman–Crippen MR) is 62.4 cm³/mol. The molecule has 0 aromatic carbocycles. The van der Waals surface area contributed by atoms with E-state index in [-0.39, 0.29) is 0 Å². The van der Waals surface area contributed by atoms with Crippen molar-refractivity contribution in [2.75, 3.05) is 6.61 Å². The van der Waals surface area contributed by atoms with Crippen molar-refractivity contribution in [1.29, 1.82) is 0 Å². The molecule has 2 heteroatoms. The molecule has 0 aliphatic rings. The Bertz CT molecular complexity index is 96.1. The molecule has 0 aromatic heterocycles. The van der Waals surface area contributed by atoms with E-state index < -0.39 is 0 Å². The summed E-state index contributed by atoms with van der Waals surface area (Å²) in [5.74, 6) is 0. The highest BCUT2D eigenvalue weighted by molar-refractivity contribution is 9.09. The van der Waals surface area contributed by atoms with Gasteiger partial charge in [0.15, 0.2) is 0 Å². The Morgan fingerprint density at radius 3 is 2.23 bits per heavy atom. The molecule has 0 bridgehead atoms. The summed E-state index contributed by atoms with van der Waals surface area (Å²) < 4.78 is 0. The normalized spacial score (nSPS) is 13.2. The third-order valence-corrected chi connectivity index (χ3v) is 3.19. The maximum Gasteiger partial charge on any atom is 0.0431 e.